The van der Waals surface area contributed by atoms with Crippen molar-refractivity contribution in [1.82, 2.24) is 9.88 Å². The summed E-state index contributed by atoms with van der Waals surface area (Å²) in [4.78, 5) is 18.9. The molecule has 0 fully saturated rings. The second-order valence-corrected chi connectivity index (χ2v) is 6.77. The van der Waals surface area contributed by atoms with E-state index in [0.29, 0.717) is 13.1 Å². The van der Waals surface area contributed by atoms with Gasteiger partial charge in [0.1, 0.15) is 16.5 Å². The molecule has 3 heterocycles. The Morgan fingerprint density at radius 2 is 1.69 bits per heavy atom. The highest BCUT2D eigenvalue weighted by atomic mass is 32.1. The Labute approximate surface area is 154 Å². The van der Waals surface area contributed by atoms with Gasteiger partial charge in [0.2, 0.25) is 5.91 Å². The Balaban J connectivity index is 1.52. The number of aromatic nitrogens is 1. The first-order valence-corrected chi connectivity index (χ1v) is 8.97. The average Bonchev–Trinajstić information content (AvgIpc) is 3.40. The summed E-state index contributed by atoms with van der Waals surface area (Å²) in [5.41, 5.74) is 0.938. The van der Waals surface area contributed by atoms with Gasteiger partial charge in [0.05, 0.1) is 35.8 Å². The Morgan fingerprint density at radius 3 is 2.31 bits per heavy atom. The molecule has 0 aliphatic rings. The number of furan rings is 2. The molecule has 0 spiro atoms. The van der Waals surface area contributed by atoms with E-state index in [1.807, 2.05) is 48.5 Å². The van der Waals surface area contributed by atoms with Gasteiger partial charge >= 0.3 is 0 Å². The lowest BCUT2D eigenvalue weighted by atomic mass is 10.3. The lowest BCUT2D eigenvalue weighted by Crippen LogP contribution is -2.28. The summed E-state index contributed by atoms with van der Waals surface area (Å²) in [6.45, 7) is 0.743. The maximum atomic E-state index is 12.7. The fourth-order valence-corrected chi connectivity index (χ4v) is 3.47. The topological polar surface area (TPSA) is 59.5 Å². The van der Waals surface area contributed by atoms with Crippen LogP contribution in [0.3, 0.4) is 0 Å². The zero-order valence-corrected chi connectivity index (χ0v) is 14.7. The van der Waals surface area contributed by atoms with E-state index in [9.17, 15) is 4.79 Å². The van der Waals surface area contributed by atoms with E-state index in [1.54, 1.807) is 40.9 Å². The van der Waals surface area contributed by atoms with Gasteiger partial charge in [0.15, 0.2) is 0 Å². The Hall–Kier alpha value is -3.12. The van der Waals surface area contributed by atoms with E-state index < -0.39 is 0 Å². The highest BCUT2D eigenvalue weighted by Gasteiger charge is 2.15. The van der Waals surface area contributed by atoms with Crippen molar-refractivity contribution in [3.05, 3.63) is 83.7 Å². The monoisotopic (exact) mass is 364 g/mol. The lowest BCUT2D eigenvalue weighted by Gasteiger charge is -2.18. The number of hydrogen-bond donors (Lipinski definition) is 0. The molecule has 3 aromatic heterocycles. The first kappa shape index (κ1) is 16.4. The summed E-state index contributed by atoms with van der Waals surface area (Å²) in [5, 5.41) is 0.801. The molecule has 1 amide bonds. The van der Waals surface area contributed by atoms with E-state index in [-0.39, 0.29) is 5.91 Å². The molecule has 4 rings (SSSR count). The lowest BCUT2D eigenvalue weighted by molar-refractivity contribution is -0.127. The molecule has 0 aliphatic carbocycles. The molecule has 0 unspecified atom stereocenters. The molecule has 4 aromatic rings. The molecule has 6 heteroatoms. The zero-order valence-electron chi connectivity index (χ0n) is 13.9. The van der Waals surface area contributed by atoms with E-state index in [0.717, 1.165) is 26.7 Å². The molecule has 26 heavy (non-hydrogen) atoms. The van der Waals surface area contributed by atoms with Crippen molar-refractivity contribution >= 4 is 33.5 Å². The van der Waals surface area contributed by atoms with Gasteiger partial charge in [-0.2, -0.15) is 0 Å². The number of carbonyl (C=O) groups is 1. The summed E-state index contributed by atoms with van der Waals surface area (Å²) in [7, 11) is 0. The van der Waals surface area contributed by atoms with E-state index in [4.69, 9.17) is 8.83 Å². The number of carbonyl (C=O) groups excluding carboxylic acids is 1. The van der Waals surface area contributed by atoms with Gasteiger partial charge in [-0.1, -0.05) is 12.1 Å². The normalized spacial score (nSPS) is 11.4. The third-order valence-electron chi connectivity index (χ3n) is 3.84. The number of amides is 1. The fraction of sp³-hybridized carbons (Fsp3) is 0.100. The summed E-state index contributed by atoms with van der Waals surface area (Å²) in [6.07, 6.45) is 6.50. The van der Waals surface area contributed by atoms with Crippen molar-refractivity contribution < 1.29 is 13.6 Å². The summed E-state index contributed by atoms with van der Waals surface area (Å²) in [6, 6.07) is 15.2. The van der Waals surface area contributed by atoms with Crippen LogP contribution < -0.4 is 0 Å². The number of hydrogen-bond acceptors (Lipinski definition) is 5. The van der Waals surface area contributed by atoms with Crippen LogP contribution in [0.25, 0.3) is 16.3 Å². The van der Waals surface area contributed by atoms with E-state index in [2.05, 4.69) is 4.98 Å². The second-order valence-electron chi connectivity index (χ2n) is 5.71. The van der Waals surface area contributed by atoms with Crippen molar-refractivity contribution in [2.45, 2.75) is 13.1 Å². The minimum absolute atomic E-state index is 0.128. The molecule has 130 valence electrons. The van der Waals surface area contributed by atoms with Crippen LogP contribution in [0.1, 0.15) is 16.5 Å². The molecule has 0 atom stereocenters. The molecule has 0 aliphatic heterocycles. The summed E-state index contributed by atoms with van der Waals surface area (Å²) < 4.78 is 11.9. The second kappa shape index (κ2) is 7.41. The standard InChI is InChI=1S/C20H16N2O3S/c23-20(10-9-19-21-17-7-1-2-8-18(17)26-19)22(13-15-5-3-11-24-15)14-16-6-4-12-25-16/h1-12H,13-14H2. The maximum absolute atomic E-state index is 12.7. The molecule has 5 nitrogen and oxygen atoms in total. The number of rotatable bonds is 6. The third-order valence-corrected chi connectivity index (χ3v) is 4.85. The highest BCUT2D eigenvalue weighted by Crippen LogP contribution is 2.22. The first-order valence-electron chi connectivity index (χ1n) is 8.15. The van der Waals surface area contributed by atoms with Gasteiger partial charge in [-0.3, -0.25) is 4.79 Å². The van der Waals surface area contributed by atoms with Gasteiger partial charge in [-0.05, 0) is 42.5 Å². The van der Waals surface area contributed by atoms with Gasteiger partial charge in [0.25, 0.3) is 0 Å². The third kappa shape index (κ3) is 3.75. The summed E-state index contributed by atoms with van der Waals surface area (Å²) in [5.74, 6) is 1.31. The van der Waals surface area contributed by atoms with Gasteiger partial charge in [-0.25, -0.2) is 4.98 Å². The molecule has 0 bridgehead atoms. The van der Waals surface area contributed by atoms with Crippen LogP contribution in [0.2, 0.25) is 0 Å². The van der Waals surface area contributed by atoms with Crippen LogP contribution in [0.15, 0.2) is 76.0 Å². The zero-order chi connectivity index (χ0) is 17.8. The Morgan fingerprint density at radius 1 is 1.00 bits per heavy atom. The van der Waals surface area contributed by atoms with Crippen molar-refractivity contribution in [2.24, 2.45) is 0 Å². The van der Waals surface area contributed by atoms with Crippen LogP contribution in [0.5, 0.6) is 0 Å². The quantitative estimate of drug-likeness (QED) is 0.464. The molecule has 0 saturated carbocycles. The fourth-order valence-electron chi connectivity index (χ4n) is 2.60. The van der Waals surface area contributed by atoms with Crippen LogP contribution in [-0.4, -0.2) is 15.8 Å². The van der Waals surface area contributed by atoms with Crippen molar-refractivity contribution in [3.8, 4) is 0 Å². The first-order chi connectivity index (χ1) is 12.8. The predicted molar refractivity (Wildman–Crippen MR) is 100 cm³/mol. The largest absolute Gasteiger partial charge is 0.467 e. The molecule has 1 aromatic carbocycles. The Bertz CT molecular complexity index is 947. The Kier molecular flexibility index (Phi) is 4.66. The van der Waals surface area contributed by atoms with E-state index in [1.165, 1.54) is 0 Å². The smallest absolute Gasteiger partial charge is 0.247 e. The van der Waals surface area contributed by atoms with E-state index >= 15 is 0 Å². The van der Waals surface area contributed by atoms with Crippen molar-refractivity contribution in [2.75, 3.05) is 0 Å². The number of nitrogens with zero attached hydrogens (tertiary/aromatic N) is 2. The van der Waals surface area contributed by atoms with Crippen molar-refractivity contribution in [1.29, 1.82) is 0 Å². The van der Waals surface area contributed by atoms with Crippen LogP contribution in [0, 0.1) is 0 Å². The number of para-hydroxylation sites is 1. The SMILES string of the molecule is O=C(C=Cc1nc2ccccc2s1)N(Cc1ccco1)Cc1ccco1. The van der Waals surface area contributed by atoms with Gasteiger partial charge < -0.3 is 13.7 Å². The molecule has 0 N–H and O–H groups in total. The van der Waals surface area contributed by atoms with Gasteiger partial charge in [-0.15, -0.1) is 11.3 Å². The van der Waals surface area contributed by atoms with Gasteiger partial charge in [0, 0.05) is 6.08 Å². The maximum Gasteiger partial charge on any atom is 0.247 e. The highest BCUT2D eigenvalue weighted by molar-refractivity contribution is 7.19. The predicted octanol–water partition coefficient (Wildman–Crippen LogP) is 4.72. The summed E-state index contributed by atoms with van der Waals surface area (Å²) >= 11 is 1.56. The number of benzene rings is 1. The minimum atomic E-state index is -0.128. The number of fused-ring (bicyclic) bond motifs is 1. The molecular weight excluding hydrogens is 348 g/mol. The van der Waals surface area contributed by atoms with Crippen LogP contribution >= 0.6 is 11.3 Å². The number of thiazole rings is 1. The van der Waals surface area contributed by atoms with Crippen LogP contribution in [0.4, 0.5) is 0 Å². The van der Waals surface area contributed by atoms with Crippen LogP contribution in [-0.2, 0) is 17.9 Å². The minimum Gasteiger partial charge on any atom is -0.467 e. The van der Waals surface area contributed by atoms with Crippen molar-refractivity contribution in [3.63, 3.8) is 0 Å². The average molecular weight is 364 g/mol. The molecular formula is C20H16N2O3S. The molecule has 0 saturated heterocycles. The molecule has 0 radical (unpaired) electrons.